The molecule has 3 aromatic rings. The number of rotatable bonds is 1. The Kier molecular flexibility index (Phi) is 1.93. The topological polar surface area (TPSA) is 41.6 Å². The Morgan fingerprint density at radius 3 is 2.75 bits per heavy atom. The number of imidazole rings is 1. The van der Waals surface area contributed by atoms with E-state index < -0.39 is 0 Å². The second-order valence-electron chi connectivity index (χ2n) is 3.44. The first-order chi connectivity index (χ1) is 7.84. The monoisotopic (exact) mass is 213 g/mol. The van der Waals surface area contributed by atoms with Crippen LogP contribution in [0.3, 0.4) is 0 Å². The van der Waals surface area contributed by atoms with Crippen LogP contribution in [0.4, 0.5) is 4.39 Å². The molecule has 4 heteroatoms. The van der Waals surface area contributed by atoms with Crippen LogP contribution in [-0.4, -0.2) is 15.0 Å². The van der Waals surface area contributed by atoms with Gasteiger partial charge in [-0.3, -0.25) is 4.98 Å². The van der Waals surface area contributed by atoms with Crippen molar-refractivity contribution in [1.29, 1.82) is 0 Å². The van der Waals surface area contributed by atoms with Gasteiger partial charge in [0.05, 0.1) is 5.52 Å². The predicted molar refractivity (Wildman–Crippen MR) is 59.3 cm³/mol. The molecule has 16 heavy (non-hydrogen) atoms. The molecule has 2 aromatic heterocycles. The summed E-state index contributed by atoms with van der Waals surface area (Å²) in [7, 11) is 0. The lowest BCUT2D eigenvalue weighted by Crippen LogP contribution is -1.83. The predicted octanol–water partition coefficient (Wildman–Crippen LogP) is 2.76. The van der Waals surface area contributed by atoms with Gasteiger partial charge in [-0.25, -0.2) is 9.37 Å². The molecular weight excluding hydrogens is 205 g/mol. The molecule has 0 amide bonds. The van der Waals surface area contributed by atoms with Gasteiger partial charge < -0.3 is 4.98 Å². The fourth-order valence-electron chi connectivity index (χ4n) is 1.62. The van der Waals surface area contributed by atoms with Gasteiger partial charge in [0.1, 0.15) is 11.2 Å². The maximum Gasteiger partial charge on any atom is 0.157 e. The first-order valence-corrected chi connectivity index (χ1v) is 4.90. The highest BCUT2D eigenvalue weighted by Gasteiger charge is 2.08. The van der Waals surface area contributed by atoms with E-state index >= 15 is 0 Å². The van der Waals surface area contributed by atoms with Gasteiger partial charge in [-0.15, -0.1) is 0 Å². The summed E-state index contributed by atoms with van der Waals surface area (Å²) in [6.45, 7) is 0. The van der Waals surface area contributed by atoms with E-state index in [1.54, 1.807) is 18.3 Å². The average molecular weight is 213 g/mol. The van der Waals surface area contributed by atoms with Crippen molar-refractivity contribution in [2.75, 3.05) is 0 Å². The minimum absolute atomic E-state index is 0.323. The maximum absolute atomic E-state index is 13.4. The highest BCUT2D eigenvalue weighted by atomic mass is 19.1. The minimum Gasteiger partial charge on any atom is -0.337 e. The van der Waals surface area contributed by atoms with E-state index in [0.717, 1.165) is 0 Å². The molecule has 0 unspecified atom stereocenters. The number of nitrogens with one attached hydrogen (secondary N) is 1. The van der Waals surface area contributed by atoms with E-state index in [1.807, 2.05) is 18.2 Å². The molecule has 0 fully saturated rings. The van der Waals surface area contributed by atoms with Crippen LogP contribution in [0.25, 0.3) is 22.6 Å². The third-order valence-corrected chi connectivity index (χ3v) is 2.37. The highest BCUT2D eigenvalue weighted by Crippen LogP contribution is 2.20. The summed E-state index contributed by atoms with van der Waals surface area (Å²) in [5, 5.41) is 0. The normalized spacial score (nSPS) is 10.8. The Morgan fingerprint density at radius 1 is 1.06 bits per heavy atom. The minimum atomic E-state index is -0.323. The molecule has 0 radical (unpaired) electrons. The molecule has 0 aliphatic rings. The molecule has 0 atom stereocenters. The van der Waals surface area contributed by atoms with Crippen LogP contribution in [0.1, 0.15) is 0 Å². The Hall–Kier alpha value is -2.23. The molecule has 0 saturated heterocycles. The number of H-pyrrole nitrogens is 1. The molecule has 1 aromatic carbocycles. The van der Waals surface area contributed by atoms with Crippen molar-refractivity contribution in [3.05, 3.63) is 48.4 Å². The van der Waals surface area contributed by atoms with Gasteiger partial charge in [-0.1, -0.05) is 12.1 Å². The number of aromatic amines is 1. The SMILES string of the molecule is Fc1cccc2[nH]c(-c3ccccn3)nc12. The van der Waals surface area contributed by atoms with Gasteiger partial charge in [0.25, 0.3) is 0 Å². The largest absolute Gasteiger partial charge is 0.337 e. The lowest BCUT2D eigenvalue weighted by atomic mass is 10.3. The number of hydrogen-bond acceptors (Lipinski definition) is 2. The second-order valence-corrected chi connectivity index (χ2v) is 3.44. The zero-order valence-corrected chi connectivity index (χ0v) is 8.31. The third-order valence-electron chi connectivity index (χ3n) is 2.37. The standard InChI is InChI=1S/C12H8FN3/c13-8-4-3-6-9-11(8)16-12(15-9)10-5-1-2-7-14-10/h1-7H,(H,15,16). The molecular formula is C12H8FN3. The summed E-state index contributed by atoms with van der Waals surface area (Å²) in [6.07, 6.45) is 1.68. The van der Waals surface area contributed by atoms with E-state index in [-0.39, 0.29) is 5.82 Å². The molecule has 0 aliphatic heterocycles. The summed E-state index contributed by atoms with van der Waals surface area (Å²) in [6, 6.07) is 10.4. The van der Waals surface area contributed by atoms with Crippen molar-refractivity contribution in [3.8, 4) is 11.5 Å². The Morgan fingerprint density at radius 2 is 2.00 bits per heavy atom. The summed E-state index contributed by atoms with van der Waals surface area (Å²) in [5.74, 6) is 0.261. The van der Waals surface area contributed by atoms with Crippen molar-refractivity contribution >= 4 is 11.0 Å². The number of para-hydroxylation sites is 1. The second kappa shape index (κ2) is 3.41. The van der Waals surface area contributed by atoms with E-state index in [9.17, 15) is 4.39 Å². The van der Waals surface area contributed by atoms with Gasteiger partial charge in [0, 0.05) is 6.20 Å². The van der Waals surface area contributed by atoms with Crippen molar-refractivity contribution in [3.63, 3.8) is 0 Å². The van der Waals surface area contributed by atoms with Gasteiger partial charge in [0.15, 0.2) is 11.6 Å². The smallest absolute Gasteiger partial charge is 0.157 e. The van der Waals surface area contributed by atoms with Gasteiger partial charge in [-0.05, 0) is 24.3 Å². The lowest BCUT2D eigenvalue weighted by Gasteiger charge is -1.92. The number of nitrogens with zero attached hydrogens (tertiary/aromatic N) is 2. The number of benzene rings is 1. The average Bonchev–Trinajstić information content (AvgIpc) is 2.76. The Bertz CT molecular complexity index is 631. The summed E-state index contributed by atoms with van der Waals surface area (Å²) >= 11 is 0. The summed E-state index contributed by atoms with van der Waals surface area (Å²) < 4.78 is 13.4. The fraction of sp³-hybridized carbons (Fsp3) is 0. The van der Waals surface area contributed by atoms with E-state index in [0.29, 0.717) is 22.6 Å². The van der Waals surface area contributed by atoms with Crippen molar-refractivity contribution in [2.45, 2.75) is 0 Å². The van der Waals surface area contributed by atoms with E-state index in [1.165, 1.54) is 6.07 Å². The third kappa shape index (κ3) is 1.35. The number of halogens is 1. The zero-order chi connectivity index (χ0) is 11.0. The number of fused-ring (bicyclic) bond motifs is 1. The summed E-state index contributed by atoms with van der Waals surface area (Å²) in [4.78, 5) is 11.4. The van der Waals surface area contributed by atoms with Gasteiger partial charge in [0.2, 0.25) is 0 Å². The van der Waals surface area contributed by atoms with Crippen LogP contribution in [-0.2, 0) is 0 Å². The van der Waals surface area contributed by atoms with Gasteiger partial charge in [-0.2, -0.15) is 0 Å². The Labute approximate surface area is 91.0 Å². The fourth-order valence-corrected chi connectivity index (χ4v) is 1.62. The van der Waals surface area contributed by atoms with Crippen LogP contribution in [0.2, 0.25) is 0 Å². The summed E-state index contributed by atoms with van der Waals surface area (Å²) in [5.41, 5.74) is 1.74. The number of pyridine rings is 1. The van der Waals surface area contributed by atoms with Crippen LogP contribution in [0.5, 0.6) is 0 Å². The Balaban J connectivity index is 2.23. The van der Waals surface area contributed by atoms with Crippen LogP contribution >= 0.6 is 0 Å². The molecule has 0 saturated carbocycles. The number of aromatic nitrogens is 3. The molecule has 0 bridgehead atoms. The van der Waals surface area contributed by atoms with Gasteiger partial charge >= 0.3 is 0 Å². The first kappa shape index (κ1) is 9.03. The molecule has 3 nitrogen and oxygen atoms in total. The van der Waals surface area contributed by atoms with Crippen molar-refractivity contribution in [2.24, 2.45) is 0 Å². The van der Waals surface area contributed by atoms with Crippen LogP contribution in [0.15, 0.2) is 42.6 Å². The first-order valence-electron chi connectivity index (χ1n) is 4.90. The van der Waals surface area contributed by atoms with E-state index in [4.69, 9.17) is 0 Å². The molecule has 0 spiro atoms. The molecule has 1 N–H and O–H groups in total. The maximum atomic E-state index is 13.4. The zero-order valence-electron chi connectivity index (χ0n) is 8.31. The van der Waals surface area contributed by atoms with Crippen LogP contribution < -0.4 is 0 Å². The molecule has 2 heterocycles. The highest BCUT2D eigenvalue weighted by molar-refractivity contribution is 5.79. The van der Waals surface area contributed by atoms with Crippen molar-refractivity contribution < 1.29 is 4.39 Å². The lowest BCUT2D eigenvalue weighted by molar-refractivity contribution is 0.637. The molecule has 3 rings (SSSR count). The molecule has 0 aliphatic carbocycles. The quantitative estimate of drug-likeness (QED) is 0.675. The van der Waals surface area contributed by atoms with Crippen molar-refractivity contribution in [1.82, 2.24) is 15.0 Å². The molecule has 78 valence electrons. The van der Waals surface area contributed by atoms with Crippen LogP contribution in [0, 0.1) is 5.82 Å². The number of hydrogen-bond donors (Lipinski definition) is 1. The van der Waals surface area contributed by atoms with E-state index in [2.05, 4.69) is 15.0 Å².